The molecule has 3 atom stereocenters. The maximum Gasteiger partial charge on any atom is 0.411 e. The molecular weight excluding hydrogens is 984 g/mol. The number of hydrogen-bond donors (Lipinski definition) is 5. The highest BCUT2D eigenvalue weighted by atomic mass is 35.5. The van der Waals surface area contributed by atoms with Crippen LogP contribution in [0, 0.1) is 6.92 Å². The molecule has 0 aromatic heterocycles. The zero-order chi connectivity index (χ0) is 53.8. The molecule has 12 amide bonds. The van der Waals surface area contributed by atoms with Crippen LogP contribution in [0.2, 0.25) is 5.02 Å². The number of nitrogens with zero attached hydrogens (tertiary/aromatic N) is 5. The Labute approximate surface area is 430 Å². The lowest BCUT2D eigenvalue weighted by atomic mass is 10.0. The van der Waals surface area contributed by atoms with Crippen molar-refractivity contribution >= 4 is 88.5 Å². The highest BCUT2D eigenvalue weighted by Gasteiger charge is 2.43. The van der Waals surface area contributed by atoms with Gasteiger partial charge in [-0.15, -0.1) is 6.58 Å². The number of imide groups is 2. The van der Waals surface area contributed by atoms with Gasteiger partial charge in [-0.05, 0) is 72.9 Å². The van der Waals surface area contributed by atoms with Crippen molar-refractivity contribution in [1.29, 1.82) is 0 Å². The third-order valence-electron chi connectivity index (χ3n) is 12.1. The smallest absolute Gasteiger partial charge is 0.411 e. The number of nitrogens with one attached hydrogen (secondary N) is 5. The Morgan fingerprint density at radius 2 is 1.46 bits per heavy atom. The van der Waals surface area contributed by atoms with Crippen LogP contribution in [-0.4, -0.2) is 149 Å². The topological polar surface area (TPSA) is 283 Å². The van der Waals surface area contributed by atoms with E-state index >= 15 is 0 Å². The molecule has 0 aliphatic carbocycles. The van der Waals surface area contributed by atoms with Gasteiger partial charge in [0.2, 0.25) is 23.6 Å². The van der Waals surface area contributed by atoms with Crippen LogP contribution in [0.5, 0.6) is 0 Å². The molecule has 0 radical (unpaired) electrons. The van der Waals surface area contributed by atoms with Gasteiger partial charge in [0.15, 0.2) is 6.73 Å². The number of urea groups is 1. The van der Waals surface area contributed by atoms with Gasteiger partial charge in [0.05, 0.1) is 0 Å². The van der Waals surface area contributed by atoms with Crippen LogP contribution in [0.15, 0.2) is 85.5 Å². The lowest BCUT2D eigenvalue weighted by molar-refractivity contribution is -0.157. The average Bonchev–Trinajstić information content (AvgIpc) is 3.88. The van der Waals surface area contributed by atoms with Crippen molar-refractivity contribution in [3.63, 3.8) is 0 Å². The molecule has 0 bridgehead atoms. The van der Waals surface area contributed by atoms with E-state index in [9.17, 15) is 52.7 Å². The fraction of sp³-hybridized carbons (Fsp3) is 0.340. The number of amides is 12. The number of carbonyl (C=O) groups is 11. The molecule has 24 heteroatoms. The van der Waals surface area contributed by atoms with E-state index in [1.165, 1.54) is 36.9 Å². The molecule has 0 spiro atoms. The summed E-state index contributed by atoms with van der Waals surface area (Å²) >= 11 is 6.16. The van der Waals surface area contributed by atoms with Crippen molar-refractivity contribution in [2.75, 3.05) is 51.1 Å². The molecule has 5 N–H and O–H groups in total. The standard InChI is InChI=1S/C50H55ClN10O13/c1-6-38(56-40(62)19-20-59-41(63)17-18-42(59)64)45(67)53-30(3)44(66)54-34-12-8-31(9-13-34)27-73-49(71)57(4)21-22-58(5)50(72)74-28-61-43(65)16-15-39(47(61)69)60-26-33-23-32(10-14-36(33)46(60)68)25-52-48(70)55-35-11-7-29(2)37(51)24-35/h6-14,17-18,23-24,30,38-39H,1,15-16,19-22,25-28H2,2-5H3,(H,53,67)(H,54,66)(H,56,62)(H2,52,55,70)/t30-,38-,39?/m0/s1. The number of hydrogen-bond acceptors (Lipinski definition) is 13. The van der Waals surface area contributed by atoms with Crippen molar-refractivity contribution < 1.29 is 62.2 Å². The fourth-order valence-corrected chi connectivity index (χ4v) is 7.83. The summed E-state index contributed by atoms with van der Waals surface area (Å²) in [4.78, 5) is 145. The molecule has 3 heterocycles. The van der Waals surface area contributed by atoms with E-state index in [0.29, 0.717) is 38.7 Å². The summed E-state index contributed by atoms with van der Waals surface area (Å²) in [6.07, 6.45) is 1.51. The van der Waals surface area contributed by atoms with Gasteiger partial charge in [0.1, 0.15) is 24.7 Å². The Hall–Kier alpha value is -8.60. The molecule has 6 rings (SSSR count). The average molecular weight is 1040 g/mol. The Balaban J connectivity index is 0.876. The van der Waals surface area contributed by atoms with Gasteiger partial charge >= 0.3 is 18.2 Å². The lowest BCUT2D eigenvalue weighted by Gasteiger charge is -2.35. The summed E-state index contributed by atoms with van der Waals surface area (Å²) in [7, 11) is 2.86. The molecule has 3 aliphatic heterocycles. The van der Waals surface area contributed by atoms with Crippen LogP contribution in [0.3, 0.4) is 0 Å². The number of anilines is 2. The number of halogens is 1. The second-order valence-electron chi connectivity index (χ2n) is 17.5. The maximum absolute atomic E-state index is 13.6. The third-order valence-corrected chi connectivity index (χ3v) is 12.5. The van der Waals surface area contributed by atoms with E-state index in [2.05, 4.69) is 33.2 Å². The predicted octanol–water partition coefficient (Wildman–Crippen LogP) is 3.17. The van der Waals surface area contributed by atoms with Crippen molar-refractivity contribution in [2.45, 2.75) is 70.9 Å². The quantitative estimate of drug-likeness (QED) is 0.0805. The van der Waals surface area contributed by atoms with E-state index in [-0.39, 0.29) is 58.6 Å². The van der Waals surface area contributed by atoms with Gasteiger partial charge in [-0.1, -0.05) is 48.0 Å². The van der Waals surface area contributed by atoms with Crippen molar-refractivity contribution in [3.8, 4) is 0 Å². The zero-order valence-corrected chi connectivity index (χ0v) is 41.7. The second kappa shape index (κ2) is 24.7. The van der Waals surface area contributed by atoms with Gasteiger partial charge in [0.25, 0.3) is 23.6 Å². The van der Waals surface area contributed by atoms with Crippen LogP contribution in [0.4, 0.5) is 25.8 Å². The number of benzene rings is 3. The summed E-state index contributed by atoms with van der Waals surface area (Å²) < 4.78 is 10.7. The van der Waals surface area contributed by atoms with Gasteiger partial charge in [0, 0.05) is 93.8 Å². The molecular formula is C50H55ClN10O13. The minimum atomic E-state index is -1.20. The Morgan fingerprint density at radius 1 is 0.811 bits per heavy atom. The number of aryl methyl sites for hydroxylation is 1. The largest absolute Gasteiger partial charge is 0.445 e. The van der Waals surface area contributed by atoms with Crippen molar-refractivity contribution in [1.82, 2.24) is 40.4 Å². The van der Waals surface area contributed by atoms with E-state index in [1.807, 2.05) is 6.92 Å². The highest BCUT2D eigenvalue weighted by Crippen LogP contribution is 2.30. The first kappa shape index (κ1) is 54.7. The van der Waals surface area contributed by atoms with Gasteiger partial charge in [-0.25, -0.2) is 19.3 Å². The zero-order valence-electron chi connectivity index (χ0n) is 40.9. The summed E-state index contributed by atoms with van der Waals surface area (Å²) in [5.41, 5.74) is 4.07. The van der Waals surface area contributed by atoms with E-state index in [0.717, 1.165) is 32.4 Å². The maximum atomic E-state index is 13.6. The SMILES string of the molecule is C=C[C@H](NC(=O)CCN1C(=O)C=CC1=O)C(=O)N[C@@H](C)C(=O)Nc1ccc(COC(=O)N(C)CCN(C)C(=O)OCN2C(=O)CCC(N3Cc4cc(CNC(=O)Nc5ccc(C)c(Cl)c5)ccc4C3=O)C2=O)cc1. The molecule has 3 aliphatic rings. The van der Waals surface area contributed by atoms with Crippen LogP contribution in [0.25, 0.3) is 0 Å². The van der Waals surface area contributed by atoms with Crippen LogP contribution in [0.1, 0.15) is 58.8 Å². The normalized spacial score (nSPS) is 15.7. The van der Waals surface area contributed by atoms with E-state index in [1.54, 1.807) is 60.7 Å². The minimum Gasteiger partial charge on any atom is -0.445 e. The minimum absolute atomic E-state index is 0.0139. The molecule has 1 unspecified atom stereocenters. The number of likely N-dealkylation sites (N-methyl/N-ethyl adjacent to an activating group) is 2. The first-order valence-electron chi connectivity index (χ1n) is 23.2. The summed E-state index contributed by atoms with van der Waals surface area (Å²) in [6.45, 7) is 6.05. The summed E-state index contributed by atoms with van der Waals surface area (Å²) in [5, 5.41) is 13.6. The lowest BCUT2D eigenvalue weighted by Crippen LogP contribution is -2.55. The third kappa shape index (κ3) is 14.1. The molecule has 1 saturated heterocycles. The number of piperidine rings is 1. The molecule has 3 aromatic rings. The number of ether oxygens (including phenoxy) is 2. The Kier molecular flexibility index (Phi) is 18.3. The highest BCUT2D eigenvalue weighted by molar-refractivity contribution is 6.31. The second-order valence-corrected chi connectivity index (χ2v) is 17.9. The molecule has 390 valence electrons. The molecule has 0 saturated carbocycles. The number of fused-ring (bicyclic) bond motifs is 1. The van der Waals surface area contributed by atoms with E-state index < -0.39 is 90.3 Å². The summed E-state index contributed by atoms with van der Waals surface area (Å²) in [5.74, 6) is -4.67. The predicted molar refractivity (Wildman–Crippen MR) is 265 cm³/mol. The monoisotopic (exact) mass is 1040 g/mol. The molecule has 74 heavy (non-hydrogen) atoms. The van der Waals surface area contributed by atoms with Gasteiger partial charge in [-0.2, -0.15) is 0 Å². The van der Waals surface area contributed by atoms with Gasteiger partial charge < -0.3 is 50.8 Å². The number of rotatable bonds is 20. The van der Waals surface area contributed by atoms with Crippen LogP contribution < -0.4 is 26.6 Å². The molecule has 23 nitrogen and oxygen atoms in total. The number of likely N-dealkylation sites (tertiary alicyclic amines) is 1. The van der Waals surface area contributed by atoms with E-state index in [4.69, 9.17) is 21.1 Å². The number of carbonyl (C=O) groups excluding carboxylic acids is 11. The summed E-state index contributed by atoms with van der Waals surface area (Å²) in [6, 6.07) is 12.9. The Bertz CT molecular complexity index is 2770. The first-order chi connectivity index (χ1) is 35.2. The Morgan fingerprint density at radius 3 is 2.12 bits per heavy atom. The van der Waals surface area contributed by atoms with Crippen LogP contribution >= 0.6 is 11.6 Å². The van der Waals surface area contributed by atoms with Crippen molar-refractivity contribution in [2.24, 2.45) is 0 Å². The van der Waals surface area contributed by atoms with Crippen LogP contribution in [-0.2, 0) is 62.7 Å². The fourth-order valence-electron chi connectivity index (χ4n) is 7.65. The molecule has 3 aromatic carbocycles. The van der Waals surface area contributed by atoms with Crippen molar-refractivity contribution in [3.05, 3.63) is 118 Å². The van der Waals surface area contributed by atoms with Gasteiger partial charge in [-0.3, -0.25) is 43.3 Å². The molecule has 1 fully saturated rings. The first-order valence-corrected chi connectivity index (χ1v) is 23.6.